The standard InChI is InChI=1S/C16H12N2/c1-2-6-15-14(5-1)9-11-18-16(15)8-7-13-4-3-10-17-12-13/h1-12H. The second kappa shape index (κ2) is 4.80. The van der Waals surface area contributed by atoms with Gasteiger partial charge < -0.3 is 0 Å². The summed E-state index contributed by atoms with van der Waals surface area (Å²) in [5.41, 5.74) is 2.06. The van der Waals surface area contributed by atoms with Gasteiger partial charge in [-0.1, -0.05) is 36.4 Å². The summed E-state index contributed by atoms with van der Waals surface area (Å²) in [7, 11) is 0. The predicted octanol–water partition coefficient (Wildman–Crippen LogP) is 3.80. The van der Waals surface area contributed by atoms with Crippen LogP contribution in [-0.4, -0.2) is 9.97 Å². The van der Waals surface area contributed by atoms with Crippen molar-refractivity contribution in [1.29, 1.82) is 0 Å². The Morgan fingerprint density at radius 1 is 0.833 bits per heavy atom. The van der Waals surface area contributed by atoms with Gasteiger partial charge in [-0.3, -0.25) is 9.97 Å². The lowest BCUT2D eigenvalue weighted by molar-refractivity contribution is 1.31. The first-order valence-electron chi connectivity index (χ1n) is 5.85. The molecule has 0 aliphatic heterocycles. The van der Waals surface area contributed by atoms with Gasteiger partial charge in [0.05, 0.1) is 5.69 Å². The Morgan fingerprint density at radius 2 is 1.78 bits per heavy atom. The van der Waals surface area contributed by atoms with Gasteiger partial charge in [-0.15, -0.1) is 0 Å². The molecule has 0 aliphatic carbocycles. The molecule has 3 aromatic rings. The highest BCUT2D eigenvalue weighted by Gasteiger charge is 1.97. The zero-order chi connectivity index (χ0) is 12.2. The molecular formula is C16H12N2. The minimum absolute atomic E-state index is 0.983. The molecule has 0 spiro atoms. The number of hydrogen-bond donors (Lipinski definition) is 0. The minimum atomic E-state index is 0.983. The molecule has 0 radical (unpaired) electrons. The van der Waals surface area contributed by atoms with Crippen molar-refractivity contribution in [1.82, 2.24) is 9.97 Å². The fourth-order valence-electron chi connectivity index (χ4n) is 1.93. The van der Waals surface area contributed by atoms with Crippen molar-refractivity contribution in [3.8, 4) is 0 Å². The molecule has 3 rings (SSSR count). The van der Waals surface area contributed by atoms with Crippen molar-refractivity contribution in [3.05, 3.63) is 72.3 Å². The summed E-state index contributed by atoms with van der Waals surface area (Å²) < 4.78 is 0. The molecule has 2 aromatic heterocycles. The second-order valence-electron chi connectivity index (χ2n) is 4.04. The first kappa shape index (κ1) is 10.7. The Balaban J connectivity index is 2.03. The van der Waals surface area contributed by atoms with E-state index in [1.54, 1.807) is 6.20 Å². The Labute approximate surface area is 106 Å². The third-order valence-electron chi connectivity index (χ3n) is 2.82. The fraction of sp³-hybridized carbons (Fsp3) is 0. The van der Waals surface area contributed by atoms with Crippen molar-refractivity contribution in [2.24, 2.45) is 0 Å². The van der Waals surface area contributed by atoms with Crippen LogP contribution in [0.15, 0.2) is 61.1 Å². The molecule has 0 N–H and O–H groups in total. The molecule has 0 unspecified atom stereocenters. The van der Waals surface area contributed by atoms with E-state index in [1.807, 2.05) is 54.9 Å². The highest BCUT2D eigenvalue weighted by molar-refractivity contribution is 5.90. The fourth-order valence-corrected chi connectivity index (χ4v) is 1.93. The predicted molar refractivity (Wildman–Crippen MR) is 74.9 cm³/mol. The van der Waals surface area contributed by atoms with E-state index in [0.717, 1.165) is 11.3 Å². The molecular weight excluding hydrogens is 220 g/mol. The van der Waals surface area contributed by atoms with Gasteiger partial charge in [-0.2, -0.15) is 0 Å². The Morgan fingerprint density at radius 3 is 2.67 bits per heavy atom. The number of fused-ring (bicyclic) bond motifs is 1. The molecule has 0 saturated heterocycles. The number of aromatic nitrogens is 2. The second-order valence-corrected chi connectivity index (χ2v) is 4.04. The summed E-state index contributed by atoms with van der Waals surface area (Å²) in [6.07, 6.45) is 9.50. The summed E-state index contributed by atoms with van der Waals surface area (Å²) in [5, 5.41) is 2.37. The van der Waals surface area contributed by atoms with Crippen molar-refractivity contribution >= 4 is 22.9 Å². The maximum Gasteiger partial charge on any atom is 0.0708 e. The van der Waals surface area contributed by atoms with Gasteiger partial charge in [0.1, 0.15) is 0 Å². The van der Waals surface area contributed by atoms with Crippen molar-refractivity contribution in [2.45, 2.75) is 0 Å². The van der Waals surface area contributed by atoms with Crippen LogP contribution in [0.3, 0.4) is 0 Å². The van der Waals surface area contributed by atoms with E-state index in [0.29, 0.717) is 0 Å². The van der Waals surface area contributed by atoms with Crippen molar-refractivity contribution < 1.29 is 0 Å². The summed E-state index contributed by atoms with van der Waals surface area (Å²) in [6.45, 7) is 0. The van der Waals surface area contributed by atoms with Crippen LogP contribution in [0.1, 0.15) is 11.3 Å². The van der Waals surface area contributed by atoms with E-state index in [-0.39, 0.29) is 0 Å². The van der Waals surface area contributed by atoms with Gasteiger partial charge in [0.2, 0.25) is 0 Å². The normalized spacial score (nSPS) is 11.1. The quantitative estimate of drug-likeness (QED) is 0.671. The monoisotopic (exact) mass is 232 g/mol. The summed E-state index contributed by atoms with van der Waals surface area (Å²) in [5.74, 6) is 0. The largest absolute Gasteiger partial charge is 0.264 e. The van der Waals surface area contributed by atoms with Crippen LogP contribution in [0.4, 0.5) is 0 Å². The van der Waals surface area contributed by atoms with Crippen LogP contribution in [0, 0.1) is 0 Å². The maximum absolute atomic E-state index is 4.41. The average molecular weight is 232 g/mol. The summed E-state index contributed by atoms with van der Waals surface area (Å²) >= 11 is 0. The van der Waals surface area contributed by atoms with Gasteiger partial charge in [0.25, 0.3) is 0 Å². The first-order chi connectivity index (χ1) is 8.93. The smallest absolute Gasteiger partial charge is 0.0708 e. The molecule has 0 amide bonds. The zero-order valence-electron chi connectivity index (χ0n) is 9.82. The zero-order valence-corrected chi connectivity index (χ0v) is 9.82. The van der Waals surface area contributed by atoms with E-state index in [9.17, 15) is 0 Å². The maximum atomic E-state index is 4.41. The van der Waals surface area contributed by atoms with Gasteiger partial charge in [-0.25, -0.2) is 0 Å². The van der Waals surface area contributed by atoms with E-state index < -0.39 is 0 Å². The first-order valence-corrected chi connectivity index (χ1v) is 5.85. The van der Waals surface area contributed by atoms with Crippen LogP contribution in [0.25, 0.3) is 22.9 Å². The third-order valence-corrected chi connectivity index (χ3v) is 2.82. The number of benzene rings is 1. The number of rotatable bonds is 2. The molecule has 18 heavy (non-hydrogen) atoms. The van der Waals surface area contributed by atoms with Crippen LogP contribution in [0.2, 0.25) is 0 Å². The highest BCUT2D eigenvalue weighted by Crippen LogP contribution is 2.18. The Bertz CT molecular complexity index is 682. The molecule has 0 saturated carbocycles. The molecule has 0 atom stereocenters. The van der Waals surface area contributed by atoms with E-state index in [2.05, 4.69) is 22.1 Å². The number of nitrogens with zero attached hydrogens (tertiary/aromatic N) is 2. The molecule has 1 aromatic carbocycles. The average Bonchev–Trinajstić information content (AvgIpc) is 2.46. The minimum Gasteiger partial charge on any atom is -0.264 e. The SMILES string of the molecule is C(=Cc1nccc2ccccc12)c1cccnc1. The third kappa shape index (κ3) is 2.13. The summed E-state index contributed by atoms with van der Waals surface area (Å²) in [6, 6.07) is 14.2. The molecule has 2 heterocycles. The molecule has 2 nitrogen and oxygen atoms in total. The van der Waals surface area contributed by atoms with Crippen LogP contribution in [0.5, 0.6) is 0 Å². The van der Waals surface area contributed by atoms with Crippen LogP contribution in [-0.2, 0) is 0 Å². The molecule has 0 bridgehead atoms. The van der Waals surface area contributed by atoms with Crippen LogP contribution < -0.4 is 0 Å². The Kier molecular flexibility index (Phi) is 2.84. The van der Waals surface area contributed by atoms with Crippen molar-refractivity contribution in [3.63, 3.8) is 0 Å². The van der Waals surface area contributed by atoms with E-state index >= 15 is 0 Å². The van der Waals surface area contributed by atoms with Gasteiger partial charge >= 0.3 is 0 Å². The van der Waals surface area contributed by atoms with Crippen LogP contribution >= 0.6 is 0 Å². The van der Waals surface area contributed by atoms with E-state index in [1.165, 1.54) is 10.8 Å². The van der Waals surface area contributed by atoms with Gasteiger partial charge in [0, 0.05) is 24.0 Å². The lowest BCUT2D eigenvalue weighted by Gasteiger charge is -2.00. The molecule has 86 valence electrons. The van der Waals surface area contributed by atoms with Gasteiger partial charge in [0.15, 0.2) is 0 Å². The van der Waals surface area contributed by atoms with Gasteiger partial charge in [-0.05, 0) is 29.2 Å². The topological polar surface area (TPSA) is 25.8 Å². The number of pyridine rings is 2. The summed E-state index contributed by atoms with van der Waals surface area (Å²) in [4.78, 5) is 8.50. The van der Waals surface area contributed by atoms with Crippen molar-refractivity contribution in [2.75, 3.05) is 0 Å². The molecule has 0 aliphatic rings. The lowest BCUT2D eigenvalue weighted by Crippen LogP contribution is -1.83. The lowest BCUT2D eigenvalue weighted by atomic mass is 10.1. The highest BCUT2D eigenvalue weighted by atomic mass is 14.7. The number of hydrogen-bond acceptors (Lipinski definition) is 2. The molecule has 0 fully saturated rings. The Hall–Kier alpha value is -2.48. The van der Waals surface area contributed by atoms with E-state index in [4.69, 9.17) is 0 Å². The molecule has 2 heteroatoms.